The van der Waals surface area contributed by atoms with Crippen molar-refractivity contribution < 1.29 is 14.0 Å². The van der Waals surface area contributed by atoms with Crippen molar-refractivity contribution in [3.8, 4) is 0 Å². The van der Waals surface area contributed by atoms with Crippen LogP contribution in [0.1, 0.15) is 38.2 Å². The van der Waals surface area contributed by atoms with Gasteiger partial charge >= 0.3 is 6.03 Å². The lowest BCUT2D eigenvalue weighted by Gasteiger charge is -2.30. The predicted octanol–water partition coefficient (Wildman–Crippen LogP) is 1.96. The summed E-state index contributed by atoms with van der Waals surface area (Å²) in [6.07, 6.45) is 7.39. The Morgan fingerprint density at radius 3 is 2.86 bits per heavy atom. The largest absolute Gasteiger partial charge is 0.472 e. The van der Waals surface area contributed by atoms with Crippen LogP contribution >= 0.6 is 0 Å². The second kappa shape index (κ2) is 6.42. The quantitative estimate of drug-likeness (QED) is 0.904. The Labute approximate surface area is 130 Å². The van der Waals surface area contributed by atoms with E-state index in [9.17, 15) is 9.59 Å². The molecule has 1 unspecified atom stereocenters. The molecule has 1 aliphatic carbocycles. The molecule has 1 atom stereocenters. The van der Waals surface area contributed by atoms with Crippen molar-refractivity contribution in [3.63, 3.8) is 0 Å². The highest BCUT2D eigenvalue weighted by Gasteiger charge is 2.36. The number of likely N-dealkylation sites (tertiary alicyclic amines) is 1. The van der Waals surface area contributed by atoms with Crippen LogP contribution in [-0.4, -0.2) is 46.9 Å². The van der Waals surface area contributed by atoms with Crippen molar-refractivity contribution in [1.82, 2.24) is 15.1 Å². The zero-order chi connectivity index (χ0) is 15.5. The van der Waals surface area contributed by atoms with Crippen LogP contribution in [0.4, 0.5) is 4.79 Å². The molecule has 22 heavy (non-hydrogen) atoms. The van der Waals surface area contributed by atoms with E-state index in [4.69, 9.17) is 4.42 Å². The van der Waals surface area contributed by atoms with Crippen LogP contribution < -0.4 is 5.32 Å². The summed E-state index contributed by atoms with van der Waals surface area (Å²) in [6, 6.07) is 2.32. The van der Waals surface area contributed by atoms with E-state index in [1.807, 2.05) is 15.9 Å². The number of urea groups is 1. The topological polar surface area (TPSA) is 65.8 Å². The van der Waals surface area contributed by atoms with Gasteiger partial charge in [0.2, 0.25) is 5.91 Å². The lowest BCUT2D eigenvalue weighted by molar-refractivity contribution is -0.130. The first-order chi connectivity index (χ1) is 10.6. The lowest BCUT2D eigenvalue weighted by Crippen LogP contribution is -2.48. The molecule has 3 rings (SSSR count). The molecule has 2 aliphatic rings. The van der Waals surface area contributed by atoms with Gasteiger partial charge in [0.1, 0.15) is 0 Å². The van der Waals surface area contributed by atoms with E-state index in [1.54, 1.807) is 19.5 Å². The van der Waals surface area contributed by atoms with E-state index in [-0.39, 0.29) is 18.0 Å². The maximum Gasteiger partial charge on any atom is 0.317 e. The summed E-state index contributed by atoms with van der Waals surface area (Å²) >= 11 is 0. The Balaban J connectivity index is 1.55. The Morgan fingerprint density at radius 2 is 2.23 bits per heavy atom. The minimum Gasteiger partial charge on any atom is -0.472 e. The first-order valence-electron chi connectivity index (χ1n) is 7.98. The Hall–Kier alpha value is -1.98. The van der Waals surface area contributed by atoms with Crippen molar-refractivity contribution in [3.05, 3.63) is 24.2 Å². The number of nitrogens with one attached hydrogen (secondary N) is 1. The second-order valence-electron chi connectivity index (χ2n) is 6.18. The second-order valence-corrected chi connectivity index (χ2v) is 6.18. The van der Waals surface area contributed by atoms with Crippen LogP contribution in [0, 0.1) is 0 Å². The molecular formula is C16H23N3O3. The van der Waals surface area contributed by atoms with Gasteiger partial charge in [0.05, 0.1) is 18.6 Å². The SMILES string of the molecule is CC(=O)N(CC1CCCN1C(=O)NCc1ccoc1)C1CC1. The van der Waals surface area contributed by atoms with Crippen molar-refractivity contribution >= 4 is 11.9 Å². The van der Waals surface area contributed by atoms with E-state index in [0.717, 1.165) is 37.8 Å². The van der Waals surface area contributed by atoms with Gasteiger partial charge in [-0.1, -0.05) is 0 Å². The smallest absolute Gasteiger partial charge is 0.317 e. The molecule has 1 aliphatic heterocycles. The van der Waals surface area contributed by atoms with Gasteiger partial charge in [0.25, 0.3) is 0 Å². The molecule has 2 heterocycles. The molecule has 1 aromatic heterocycles. The molecule has 6 heteroatoms. The molecule has 6 nitrogen and oxygen atoms in total. The highest BCUT2D eigenvalue weighted by atomic mass is 16.3. The molecule has 1 aromatic rings. The minimum atomic E-state index is -0.0528. The summed E-state index contributed by atoms with van der Waals surface area (Å²) in [5.74, 6) is 0.119. The molecule has 0 bridgehead atoms. The summed E-state index contributed by atoms with van der Waals surface area (Å²) in [4.78, 5) is 27.9. The molecule has 1 saturated carbocycles. The van der Waals surface area contributed by atoms with Gasteiger partial charge in [-0.2, -0.15) is 0 Å². The molecule has 120 valence electrons. The van der Waals surface area contributed by atoms with Crippen LogP contribution in [0.25, 0.3) is 0 Å². The number of hydrogen-bond donors (Lipinski definition) is 1. The summed E-state index contributed by atoms with van der Waals surface area (Å²) < 4.78 is 5.00. The van der Waals surface area contributed by atoms with E-state index >= 15 is 0 Å². The third-order valence-corrected chi connectivity index (χ3v) is 4.46. The maximum absolute atomic E-state index is 12.4. The highest BCUT2D eigenvalue weighted by molar-refractivity contribution is 5.76. The highest BCUT2D eigenvalue weighted by Crippen LogP contribution is 2.29. The molecule has 2 fully saturated rings. The van der Waals surface area contributed by atoms with Crippen LogP contribution in [0.2, 0.25) is 0 Å². The molecule has 3 amide bonds. The number of carbonyl (C=O) groups excluding carboxylic acids is 2. The molecule has 1 N–H and O–H groups in total. The Morgan fingerprint density at radius 1 is 1.41 bits per heavy atom. The van der Waals surface area contributed by atoms with Crippen molar-refractivity contribution in [2.75, 3.05) is 13.1 Å². The molecule has 0 spiro atoms. The van der Waals surface area contributed by atoms with Gasteiger partial charge in [-0.25, -0.2) is 4.79 Å². The Kier molecular flexibility index (Phi) is 4.36. The van der Waals surface area contributed by atoms with Gasteiger partial charge in [-0.05, 0) is 31.7 Å². The number of furan rings is 1. The number of nitrogens with zero attached hydrogens (tertiary/aromatic N) is 2. The maximum atomic E-state index is 12.4. The normalized spacial score (nSPS) is 21.0. The summed E-state index contributed by atoms with van der Waals surface area (Å²) in [5, 5.41) is 2.93. The third-order valence-electron chi connectivity index (χ3n) is 4.46. The van der Waals surface area contributed by atoms with Crippen LogP contribution in [-0.2, 0) is 11.3 Å². The molecular weight excluding hydrogens is 282 g/mol. The molecule has 0 aromatic carbocycles. The van der Waals surface area contributed by atoms with E-state index in [0.29, 0.717) is 19.1 Å². The average Bonchev–Trinajstić information content (AvgIpc) is 3.02. The number of rotatable bonds is 5. The fourth-order valence-corrected chi connectivity index (χ4v) is 3.11. The molecule has 0 radical (unpaired) electrons. The van der Waals surface area contributed by atoms with Crippen LogP contribution in [0.3, 0.4) is 0 Å². The van der Waals surface area contributed by atoms with Crippen LogP contribution in [0.5, 0.6) is 0 Å². The monoisotopic (exact) mass is 305 g/mol. The standard InChI is InChI=1S/C16H23N3O3/c1-12(20)19(14-4-5-14)10-15-3-2-7-18(15)16(21)17-9-13-6-8-22-11-13/h6,8,11,14-15H,2-5,7,9-10H2,1H3,(H,17,21). The van der Waals surface area contributed by atoms with Gasteiger partial charge in [-0.3, -0.25) is 4.79 Å². The predicted molar refractivity (Wildman–Crippen MR) is 81.1 cm³/mol. The van der Waals surface area contributed by atoms with E-state index in [2.05, 4.69) is 5.32 Å². The van der Waals surface area contributed by atoms with Crippen LogP contribution in [0.15, 0.2) is 23.0 Å². The Bertz CT molecular complexity index is 525. The summed E-state index contributed by atoms with van der Waals surface area (Å²) in [5.41, 5.74) is 0.951. The summed E-state index contributed by atoms with van der Waals surface area (Å²) in [6.45, 7) is 3.52. The summed E-state index contributed by atoms with van der Waals surface area (Å²) in [7, 11) is 0. The van der Waals surface area contributed by atoms with Gasteiger partial charge in [0, 0.05) is 38.2 Å². The van der Waals surface area contributed by atoms with Gasteiger partial charge < -0.3 is 19.5 Å². The number of carbonyl (C=O) groups is 2. The zero-order valence-electron chi connectivity index (χ0n) is 13.0. The van der Waals surface area contributed by atoms with Gasteiger partial charge in [0.15, 0.2) is 0 Å². The lowest BCUT2D eigenvalue weighted by atomic mass is 10.2. The first-order valence-corrected chi connectivity index (χ1v) is 7.98. The van der Waals surface area contributed by atoms with E-state index in [1.165, 1.54) is 0 Å². The van der Waals surface area contributed by atoms with E-state index < -0.39 is 0 Å². The van der Waals surface area contributed by atoms with Crippen molar-refractivity contribution in [2.45, 2.75) is 51.2 Å². The number of amides is 3. The average molecular weight is 305 g/mol. The molecule has 1 saturated heterocycles. The van der Waals surface area contributed by atoms with Gasteiger partial charge in [-0.15, -0.1) is 0 Å². The fraction of sp³-hybridized carbons (Fsp3) is 0.625. The zero-order valence-corrected chi connectivity index (χ0v) is 13.0. The first kappa shape index (κ1) is 14.9. The van der Waals surface area contributed by atoms with Crippen molar-refractivity contribution in [2.24, 2.45) is 0 Å². The third kappa shape index (κ3) is 3.43. The number of hydrogen-bond acceptors (Lipinski definition) is 3. The minimum absolute atomic E-state index is 0.0528. The van der Waals surface area contributed by atoms with Crippen molar-refractivity contribution in [1.29, 1.82) is 0 Å². The fourth-order valence-electron chi connectivity index (χ4n) is 3.11.